The minimum absolute atomic E-state index is 0.138. The Morgan fingerprint density at radius 2 is 0.366 bits per heavy atom. The smallest absolute Gasteiger partial charge is 0.0620 e. The van der Waals surface area contributed by atoms with Crippen LogP contribution in [-0.2, 0) is 43.3 Å². The molecule has 0 spiro atoms. The van der Waals surface area contributed by atoms with Gasteiger partial charge in [-0.1, -0.05) is 318 Å². The van der Waals surface area contributed by atoms with Crippen LogP contribution in [0.2, 0.25) is 0 Å². The molecule has 0 aromatic heterocycles. The quantitative estimate of drug-likeness (QED) is 0.0746. The molecule has 16 bridgehead atoms. The Balaban J connectivity index is 0.863. The van der Waals surface area contributed by atoms with Crippen LogP contribution < -0.4 is 9.80 Å². The number of benzene rings is 12. The monoisotopic (exact) mass is 1880 g/mol. The average Bonchev–Trinajstić information content (AvgIpc) is 0.704. The van der Waals surface area contributed by atoms with Crippen LogP contribution >= 0.6 is 0 Å². The summed E-state index contributed by atoms with van der Waals surface area (Å²) in [5.74, 6) is 15.4. The lowest BCUT2D eigenvalue weighted by atomic mass is 9.49. The summed E-state index contributed by atoms with van der Waals surface area (Å²) in [6.45, 7) is 58.3. The minimum Gasteiger partial charge on any atom is -0.309 e. The molecule has 2 heteroatoms. The Labute approximate surface area is 856 Å². The van der Waals surface area contributed by atoms with E-state index in [9.17, 15) is 0 Å². The summed E-state index contributed by atoms with van der Waals surface area (Å²) in [5, 5.41) is 5.14. The first-order valence-corrected chi connectivity index (χ1v) is 57.1. The SMILES string of the molecule is CC(C)(C)c1cc(-c2cc(-c3cc(C(C)(C)C)cc(C(C)(C)C)c3)cc(N(c3cc(-c4cc(C(C)(C)C)cc(C(C)(C)C)c4)cc(-c4cc(C(C)(C)C)cc(C(C)(C)C)c4)c3)c3c4ccccc4c(N(c4cc(C5C6CC7CC(C6)CC5C7)cc(C5C6CC7CC(C6)CC5C7)c4)c4cc(C5C6CC7CC(C6)CC5C7)cc(C5C6CC7CC(C6)CC5C7)c4)c4ccc(-c5ccccc5)cc34)c2)cc(C(C)(C)C)c1. The van der Waals surface area contributed by atoms with E-state index in [-0.39, 0.29) is 43.3 Å². The summed E-state index contributed by atoms with van der Waals surface area (Å²) in [6.07, 6.45) is 28.5. The van der Waals surface area contributed by atoms with Crippen LogP contribution in [0, 0.1) is 94.7 Å². The first kappa shape index (κ1) is 95.0. The van der Waals surface area contributed by atoms with Gasteiger partial charge in [-0.25, -0.2) is 0 Å². The summed E-state index contributed by atoms with van der Waals surface area (Å²) in [4.78, 5) is 5.99. The molecule has 16 fully saturated rings. The van der Waals surface area contributed by atoms with Crippen molar-refractivity contribution in [2.45, 2.75) is 362 Å². The van der Waals surface area contributed by atoms with Crippen LogP contribution in [0.5, 0.6) is 0 Å². The Bertz CT molecular complexity index is 6050. The third-order valence-electron chi connectivity index (χ3n) is 39.8. The molecule has 142 heavy (non-hydrogen) atoms. The van der Waals surface area contributed by atoms with Crippen molar-refractivity contribution in [3.63, 3.8) is 0 Å². The second kappa shape index (κ2) is 34.2. The van der Waals surface area contributed by atoms with Gasteiger partial charge in [0.1, 0.15) is 0 Å². The molecular formula is C140H168N2. The molecule has 0 saturated heterocycles. The number of anilines is 6. The number of fused-ring (bicyclic) bond motifs is 2. The van der Waals surface area contributed by atoms with E-state index in [2.05, 4.69) is 394 Å². The van der Waals surface area contributed by atoms with E-state index in [4.69, 9.17) is 0 Å². The van der Waals surface area contributed by atoms with Crippen molar-refractivity contribution >= 4 is 55.7 Å². The van der Waals surface area contributed by atoms with Gasteiger partial charge in [0.25, 0.3) is 0 Å². The van der Waals surface area contributed by atoms with Gasteiger partial charge in [0.05, 0.1) is 11.4 Å². The lowest BCUT2D eigenvalue weighted by molar-refractivity contribution is -0.00503. The van der Waals surface area contributed by atoms with Gasteiger partial charge in [0.15, 0.2) is 0 Å². The summed E-state index contributed by atoms with van der Waals surface area (Å²) < 4.78 is 0. The molecule has 16 saturated carbocycles. The van der Waals surface area contributed by atoms with Gasteiger partial charge in [0.2, 0.25) is 0 Å². The Hall–Kier alpha value is -9.24. The molecule has 0 N–H and O–H groups in total. The van der Waals surface area contributed by atoms with Gasteiger partial charge in [-0.15, -0.1) is 0 Å². The third kappa shape index (κ3) is 17.5. The molecule has 28 rings (SSSR count). The minimum atomic E-state index is -0.138. The van der Waals surface area contributed by atoms with Crippen LogP contribution in [-0.4, -0.2) is 0 Å². The van der Waals surface area contributed by atoms with Crippen molar-refractivity contribution in [3.8, 4) is 55.6 Å². The van der Waals surface area contributed by atoms with Gasteiger partial charge in [-0.3, -0.25) is 0 Å². The summed E-state index contributed by atoms with van der Waals surface area (Å²) in [6, 6.07) is 94.2. The van der Waals surface area contributed by atoms with E-state index < -0.39 is 0 Å². The molecule has 738 valence electrons. The third-order valence-corrected chi connectivity index (χ3v) is 39.8. The topological polar surface area (TPSA) is 6.48 Å². The predicted octanol–water partition coefficient (Wildman–Crippen LogP) is 39.8. The maximum absolute atomic E-state index is 3.10. The van der Waals surface area contributed by atoms with Crippen molar-refractivity contribution in [2.24, 2.45) is 94.7 Å². The van der Waals surface area contributed by atoms with Crippen LogP contribution in [0.3, 0.4) is 0 Å². The fourth-order valence-electron chi connectivity index (χ4n) is 33.3. The highest BCUT2D eigenvalue weighted by atomic mass is 15.2. The van der Waals surface area contributed by atoms with E-state index in [1.807, 2.05) is 0 Å². The van der Waals surface area contributed by atoms with Crippen LogP contribution in [0.1, 0.15) is 385 Å². The van der Waals surface area contributed by atoms with E-state index in [0.29, 0.717) is 23.7 Å². The second-order valence-electron chi connectivity index (χ2n) is 58.3. The normalized spacial score (nSPS) is 28.1. The zero-order chi connectivity index (χ0) is 98.8. The van der Waals surface area contributed by atoms with Crippen LogP contribution in [0.25, 0.3) is 77.2 Å². The van der Waals surface area contributed by atoms with E-state index in [1.54, 1.807) is 22.3 Å². The van der Waals surface area contributed by atoms with Crippen molar-refractivity contribution < 1.29 is 0 Å². The molecule has 0 heterocycles. The highest BCUT2D eigenvalue weighted by Crippen LogP contribution is 2.68. The molecule has 12 aromatic carbocycles. The lowest BCUT2D eigenvalue weighted by Gasteiger charge is -2.56. The molecule has 2 nitrogen and oxygen atoms in total. The maximum Gasteiger partial charge on any atom is 0.0620 e. The Morgan fingerprint density at radius 3 is 0.599 bits per heavy atom. The molecule has 0 aliphatic heterocycles. The largest absolute Gasteiger partial charge is 0.309 e. The first-order chi connectivity index (χ1) is 67.2. The molecule has 16 aliphatic carbocycles. The van der Waals surface area contributed by atoms with Crippen molar-refractivity contribution in [2.75, 3.05) is 9.80 Å². The first-order valence-electron chi connectivity index (χ1n) is 57.1. The van der Waals surface area contributed by atoms with Crippen molar-refractivity contribution in [1.82, 2.24) is 0 Å². The number of rotatable bonds is 15. The fraction of sp³-hybridized carbons (Fsp3) is 0.514. The number of hydrogen-bond acceptors (Lipinski definition) is 2. The lowest BCUT2D eigenvalue weighted by Crippen LogP contribution is -2.44. The van der Waals surface area contributed by atoms with Gasteiger partial charge in [-0.2, -0.15) is 0 Å². The molecule has 16 aliphatic rings. The standard InChI is InChI=1S/C140H168N2/c1-133(2,3)111-60-95(61-112(77-111)134(4,5)6)91-56-92(96-62-113(135(7,8)9)78-114(63-96)136(10,11)12)69-119(68-91)142(120-70-93(97-64-115(137(13,14)15)79-116(65-97)138(16,17)18)57-94(71-120)98-66-117(139(19,20)21)80-118(67-98)140(22,23)24)132-124-33-29-28-32-123(124)131(125-35-34-90(76-126(125)132)89-30-26-25-27-31-89)141(121-72-107(127-99-40-81-36-82(42-99)43-100(127)41-81)58-108(73-121)128-101-44-83-37-84(46-101)47-102(128)45-83)122-74-109(129-103-48-85-38-86(50-103)51-104(129)49-85)59-110(75-122)130-105-52-87-39-88(54-105)55-106(130)53-87/h25-35,56-88,99-106,127-130H,36-55H2,1-24H3. The Morgan fingerprint density at radius 1 is 0.162 bits per heavy atom. The maximum atomic E-state index is 3.10. The predicted molar refractivity (Wildman–Crippen MR) is 607 cm³/mol. The van der Waals surface area contributed by atoms with Gasteiger partial charge in [-0.05, 0) is 479 Å². The van der Waals surface area contributed by atoms with E-state index >= 15 is 0 Å². The molecule has 0 amide bonds. The molecule has 0 unspecified atom stereocenters. The summed E-state index contributed by atoms with van der Waals surface area (Å²) in [7, 11) is 0. The zero-order valence-electron chi connectivity index (χ0n) is 91.4. The summed E-state index contributed by atoms with van der Waals surface area (Å²) >= 11 is 0. The van der Waals surface area contributed by atoms with Gasteiger partial charge < -0.3 is 9.80 Å². The molecular weight excluding hydrogens is 1710 g/mol. The highest BCUT2D eigenvalue weighted by molar-refractivity contribution is 6.24. The fourth-order valence-corrected chi connectivity index (χ4v) is 33.3. The number of nitrogens with zero attached hydrogens (tertiary/aromatic N) is 2. The van der Waals surface area contributed by atoms with Gasteiger partial charge in [0, 0.05) is 44.3 Å². The van der Waals surface area contributed by atoms with E-state index in [0.717, 1.165) is 106 Å². The van der Waals surface area contributed by atoms with Crippen molar-refractivity contribution in [3.05, 3.63) is 285 Å². The molecule has 0 radical (unpaired) electrons. The highest BCUT2D eigenvalue weighted by Gasteiger charge is 2.55. The average molecular weight is 1880 g/mol. The zero-order valence-corrected chi connectivity index (χ0v) is 91.4. The second-order valence-corrected chi connectivity index (χ2v) is 58.3. The van der Waals surface area contributed by atoms with Crippen LogP contribution in [0.4, 0.5) is 34.1 Å². The van der Waals surface area contributed by atoms with Crippen molar-refractivity contribution in [1.29, 1.82) is 0 Å². The van der Waals surface area contributed by atoms with Gasteiger partial charge >= 0.3 is 0 Å². The summed E-state index contributed by atoms with van der Waals surface area (Å²) in [5.41, 5.74) is 36.6. The number of hydrogen-bond donors (Lipinski definition) is 0. The molecule has 12 aromatic rings. The Kier molecular flexibility index (Phi) is 22.9. The van der Waals surface area contributed by atoms with Crippen LogP contribution in [0.15, 0.2) is 218 Å². The van der Waals surface area contributed by atoms with E-state index in [1.165, 1.54) is 273 Å². The molecule has 0 atom stereocenters.